The average molecular weight is 302 g/mol. The van der Waals surface area contributed by atoms with E-state index in [1.807, 2.05) is 6.92 Å². The SMILES string of the molecule is CCCCOC(=O)COc1cc(Cl)ccc1C(N)=S. The Morgan fingerprint density at radius 2 is 2.21 bits per heavy atom. The third-order valence-electron chi connectivity index (χ3n) is 2.32. The van der Waals surface area contributed by atoms with Gasteiger partial charge in [-0.25, -0.2) is 4.79 Å². The van der Waals surface area contributed by atoms with Gasteiger partial charge in [0, 0.05) is 5.02 Å². The van der Waals surface area contributed by atoms with Gasteiger partial charge in [-0.05, 0) is 24.6 Å². The van der Waals surface area contributed by atoms with Crippen LogP contribution in [-0.4, -0.2) is 24.2 Å². The number of carbonyl (C=O) groups is 1. The fourth-order valence-electron chi connectivity index (χ4n) is 1.33. The van der Waals surface area contributed by atoms with Crippen molar-refractivity contribution in [2.75, 3.05) is 13.2 Å². The van der Waals surface area contributed by atoms with E-state index in [2.05, 4.69) is 0 Å². The number of esters is 1. The molecule has 0 aliphatic rings. The fourth-order valence-corrected chi connectivity index (χ4v) is 1.66. The number of hydrogen-bond acceptors (Lipinski definition) is 4. The van der Waals surface area contributed by atoms with Gasteiger partial charge in [0.1, 0.15) is 10.7 Å². The summed E-state index contributed by atoms with van der Waals surface area (Å²) >= 11 is 10.8. The maximum Gasteiger partial charge on any atom is 0.344 e. The van der Waals surface area contributed by atoms with Crippen LogP contribution in [0.1, 0.15) is 25.3 Å². The van der Waals surface area contributed by atoms with Crippen LogP contribution in [0.3, 0.4) is 0 Å². The molecule has 4 nitrogen and oxygen atoms in total. The summed E-state index contributed by atoms with van der Waals surface area (Å²) in [4.78, 5) is 11.6. The van der Waals surface area contributed by atoms with Gasteiger partial charge in [0.2, 0.25) is 0 Å². The molecule has 19 heavy (non-hydrogen) atoms. The lowest BCUT2D eigenvalue weighted by molar-refractivity contribution is -0.146. The molecule has 1 rings (SSSR count). The highest BCUT2D eigenvalue weighted by Gasteiger charge is 2.10. The zero-order chi connectivity index (χ0) is 14.3. The van der Waals surface area contributed by atoms with Crippen molar-refractivity contribution in [3.63, 3.8) is 0 Å². The minimum Gasteiger partial charge on any atom is -0.481 e. The fraction of sp³-hybridized carbons (Fsp3) is 0.385. The normalized spacial score (nSPS) is 10.0. The van der Waals surface area contributed by atoms with E-state index in [9.17, 15) is 4.79 Å². The molecule has 0 amide bonds. The standard InChI is InChI=1S/C13H16ClNO3S/c1-2-3-6-17-12(16)8-18-11-7-9(14)4-5-10(11)13(15)19/h4-5,7H,2-3,6,8H2,1H3,(H2,15,19). The minimum absolute atomic E-state index is 0.186. The van der Waals surface area contributed by atoms with Crippen LogP contribution in [0.2, 0.25) is 5.02 Å². The van der Waals surface area contributed by atoms with Crippen molar-refractivity contribution < 1.29 is 14.3 Å². The predicted octanol–water partition coefficient (Wildman–Crippen LogP) is 2.70. The number of rotatable bonds is 7. The molecule has 0 spiro atoms. The highest BCUT2D eigenvalue weighted by Crippen LogP contribution is 2.23. The van der Waals surface area contributed by atoms with E-state index in [1.54, 1.807) is 18.2 Å². The number of nitrogens with two attached hydrogens (primary N) is 1. The highest BCUT2D eigenvalue weighted by molar-refractivity contribution is 7.80. The van der Waals surface area contributed by atoms with Crippen LogP contribution >= 0.6 is 23.8 Å². The molecule has 6 heteroatoms. The van der Waals surface area contributed by atoms with E-state index in [0.29, 0.717) is 22.9 Å². The van der Waals surface area contributed by atoms with Gasteiger partial charge in [-0.3, -0.25) is 0 Å². The maximum atomic E-state index is 11.4. The molecule has 0 radical (unpaired) electrons. The van der Waals surface area contributed by atoms with Gasteiger partial charge in [0.25, 0.3) is 0 Å². The van der Waals surface area contributed by atoms with Crippen molar-refractivity contribution in [2.24, 2.45) is 5.73 Å². The Hall–Kier alpha value is -1.33. The van der Waals surface area contributed by atoms with Crippen molar-refractivity contribution in [2.45, 2.75) is 19.8 Å². The largest absolute Gasteiger partial charge is 0.481 e. The molecule has 0 unspecified atom stereocenters. The summed E-state index contributed by atoms with van der Waals surface area (Å²) in [7, 11) is 0. The van der Waals surface area contributed by atoms with Crippen LogP contribution in [0, 0.1) is 0 Å². The van der Waals surface area contributed by atoms with E-state index in [0.717, 1.165) is 12.8 Å². The molecule has 1 aromatic rings. The molecule has 2 N–H and O–H groups in total. The van der Waals surface area contributed by atoms with Crippen LogP contribution in [0.25, 0.3) is 0 Å². The Morgan fingerprint density at radius 3 is 2.84 bits per heavy atom. The number of ether oxygens (including phenoxy) is 2. The van der Waals surface area contributed by atoms with E-state index in [1.165, 1.54) is 0 Å². The van der Waals surface area contributed by atoms with Crippen LogP contribution in [0.4, 0.5) is 0 Å². The summed E-state index contributed by atoms with van der Waals surface area (Å²) in [6.07, 6.45) is 1.80. The number of unbranched alkanes of at least 4 members (excludes halogenated alkanes) is 1. The molecule has 0 atom stereocenters. The molecule has 0 aliphatic heterocycles. The summed E-state index contributed by atoms with van der Waals surface area (Å²) in [5, 5.41) is 0.481. The van der Waals surface area contributed by atoms with Crippen LogP contribution in [-0.2, 0) is 9.53 Å². The van der Waals surface area contributed by atoms with Gasteiger partial charge < -0.3 is 15.2 Å². The van der Waals surface area contributed by atoms with E-state index in [-0.39, 0.29) is 11.6 Å². The molecule has 0 bridgehead atoms. The first-order valence-corrected chi connectivity index (χ1v) is 6.71. The Kier molecular flexibility index (Phi) is 6.59. The third-order valence-corrected chi connectivity index (χ3v) is 2.77. The summed E-state index contributed by atoms with van der Waals surface area (Å²) < 4.78 is 10.3. The van der Waals surface area contributed by atoms with Gasteiger partial charge in [0.05, 0.1) is 12.2 Å². The van der Waals surface area contributed by atoms with Crippen LogP contribution in [0.5, 0.6) is 5.75 Å². The average Bonchev–Trinajstić information content (AvgIpc) is 2.36. The zero-order valence-electron chi connectivity index (χ0n) is 10.6. The van der Waals surface area contributed by atoms with Gasteiger partial charge in [-0.2, -0.15) is 0 Å². The second-order valence-corrected chi connectivity index (χ2v) is 4.74. The summed E-state index contributed by atoms with van der Waals surface area (Å²) in [5.74, 6) is -0.0465. The van der Waals surface area contributed by atoms with Crippen LogP contribution < -0.4 is 10.5 Å². The lowest BCUT2D eigenvalue weighted by atomic mass is 10.2. The monoisotopic (exact) mass is 301 g/mol. The number of carbonyl (C=O) groups excluding carboxylic acids is 1. The zero-order valence-corrected chi connectivity index (χ0v) is 12.2. The van der Waals surface area contributed by atoms with Crippen molar-refractivity contribution in [3.05, 3.63) is 28.8 Å². The van der Waals surface area contributed by atoms with Gasteiger partial charge >= 0.3 is 5.97 Å². The molecule has 0 aliphatic carbocycles. The molecular weight excluding hydrogens is 286 g/mol. The first kappa shape index (κ1) is 15.7. The molecule has 104 valence electrons. The molecule has 0 saturated heterocycles. The molecule has 0 saturated carbocycles. The summed E-state index contributed by atoms with van der Waals surface area (Å²) in [6.45, 7) is 2.22. The highest BCUT2D eigenvalue weighted by atomic mass is 35.5. The molecule has 1 aromatic carbocycles. The minimum atomic E-state index is -0.428. The number of thiocarbonyl (C=S) groups is 1. The first-order chi connectivity index (χ1) is 9.04. The second-order valence-electron chi connectivity index (χ2n) is 3.87. The van der Waals surface area contributed by atoms with E-state index < -0.39 is 5.97 Å². The predicted molar refractivity (Wildman–Crippen MR) is 78.7 cm³/mol. The van der Waals surface area contributed by atoms with Gasteiger partial charge in [-0.1, -0.05) is 37.2 Å². The third kappa shape index (κ3) is 5.44. The Balaban J connectivity index is 2.59. The number of hydrogen-bond donors (Lipinski definition) is 1. The molecule has 0 heterocycles. The van der Waals surface area contributed by atoms with Crippen molar-refractivity contribution in [1.29, 1.82) is 0 Å². The summed E-state index contributed by atoms with van der Waals surface area (Å²) in [5.41, 5.74) is 6.10. The maximum absolute atomic E-state index is 11.4. The Morgan fingerprint density at radius 1 is 1.47 bits per heavy atom. The summed E-state index contributed by atoms with van der Waals surface area (Å²) in [6, 6.07) is 4.88. The molecule has 0 aromatic heterocycles. The van der Waals surface area contributed by atoms with E-state index in [4.69, 9.17) is 39.0 Å². The molecular formula is C13H16ClNO3S. The topological polar surface area (TPSA) is 61.5 Å². The van der Waals surface area contributed by atoms with Crippen molar-refractivity contribution >= 4 is 34.8 Å². The van der Waals surface area contributed by atoms with E-state index >= 15 is 0 Å². The Labute approximate surface area is 122 Å². The molecule has 0 fully saturated rings. The quantitative estimate of drug-likeness (QED) is 0.476. The van der Waals surface area contributed by atoms with Gasteiger partial charge in [0.15, 0.2) is 6.61 Å². The van der Waals surface area contributed by atoms with Crippen LogP contribution in [0.15, 0.2) is 18.2 Å². The smallest absolute Gasteiger partial charge is 0.344 e. The van der Waals surface area contributed by atoms with Gasteiger partial charge in [-0.15, -0.1) is 0 Å². The first-order valence-electron chi connectivity index (χ1n) is 5.92. The number of halogens is 1. The Bertz CT molecular complexity index is 465. The van der Waals surface area contributed by atoms with Crippen molar-refractivity contribution in [1.82, 2.24) is 0 Å². The lowest BCUT2D eigenvalue weighted by Crippen LogP contribution is -2.18. The lowest BCUT2D eigenvalue weighted by Gasteiger charge is -2.10. The number of benzene rings is 1. The second kappa shape index (κ2) is 7.96. The van der Waals surface area contributed by atoms with Crippen molar-refractivity contribution in [3.8, 4) is 5.75 Å².